The number of aryl methyl sites for hydroxylation is 1. The van der Waals surface area contributed by atoms with Crippen LogP contribution < -0.4 is 0 Å². The molecule has 0 N–H and O–H groups in total. The molecule has 0 aromatic heterocycles. The number of hydrogen-bond donors (Lipinski definition) is 0. The van der Waals surface area contributed by atoms with E-state index in [1.807, 2.05) is 30.3 Å². The Morgan fingerprint density at radius 3 is 1.94 bits per heavy atom. The Morgan fingerprint density at radius 1 is 0.818 bits per heavy atom. The number of nitrogens with zero attached hydrogens (tertiary/aromatic N) is 1. The van der Waals surface area contributed by atoms with Gasteiger partial charge in [0.05, 0.1) is 6.54 Å². The van der Waals surface area contributed by atoms with Gasteiger partial charge in [-0.05, 0) is 12.0 Å². The second-order valence-electron chi connectivity index (χ2n) is 7.70. The van der Waals surface area contributed by atoms with Crippen molar-refractivity contribution >= 4 is 29.8 Å². The molecule has 1 saturated heterocycles. The largest absolute Gasteiger partial charge is 0.464 e. The maximum absolute atomic E-state index is 13.2. The number of esters is 4. The van der Waals surface area contributed by atoms with Gasteiger partial charge in [0.15, 0.2) is 18.3 Å². The van der Waals surface area contributed by atoms with Crippen LogP contribution in [-0.4, -0.2) is 72.2 Å². The molecule has 1 aliphatic heterocycles. The molecule has 33 heavy (non-hydrogen) atoms. The number of hydrogen-bond acceptors (Lipinski definition) is 9. The van der Waals surface area contributed by atoms with E-state index < -0.39 is 48.2 Å². The lowest BCUT2D eigenvalue weighted by molar-refractivity contribution is -0.208. The van der Waals surface area contributed by atoms with E-state index in [9.17, 15) is 24.0 Å². The van der Waals surface area contributed by atoms with E-state index in [-0.39, 0.29) is 25.5 Å². The Kier molecular flexibility index (Phi) is 9.38. The van der Waals surface area contributed by atoms with Crippen molar-refractivity contribution in [2.75, 3.05) is 13.2 Å². The van der Waals surface area contributed by atoms with E-state index in [1.54, 1.807) is 0 Å². The normalized spacial score (nSPS) is 22.1. The smallest absolute Gasteiger partial charge is 0.303 e. The fraction of sp³-hybridized carbons (Fsp3) is 0.522. The molecule has 10 nitrogen and oxygen atoms in total. The van der Waals surface area contributed by atoms with Crippen molar-refractivity contribution in [3.63, 3.8) is 0 Å². The van der Waals surface area contributed by atoms with E-state index >= 15 is 0 Å². The summed E-state index contributed by atoms with van der Waals surface area (Å²) >= 11 is 0. The third-order valence-corrected chi connectivity index (χ3v) is 5.02. The minimum absolute atomic E-state index is 0.110. The summed E-state index contributed by atoms with van der Waals surface area (Å²) in [6, 6.07) is 8.42. The fourth-order valence-corrected chi connectivity index (χ4v) is 3.74. The topological polar surface area (TPSA) is 126 Å². The summed E-state index contributed by atoms with van der Waals surface area (Å²) in [6.07, 6.45) is -2.93. The minimum Gasteiger partial charge on any atom is -0.464 e. The zero-order valence-electron chi connectivity index (χ0n) is 19.1. The summed E-state index contributed by atoms with van der Waals surface area (Å²) in [5, 5.41) is 0. The highest BCUT2D eigenvalue weighted by Crippen LogP contribution is 2.28. The molecule has 1 fully saturated rings. The number of likely N-dealkylation sites (tertiary alicyclic amines) is 1. The third-order valence-electron chi connectivity index (χ3n) is 5.02. The van der Waals surface area contributed by atoms with Crippen molar-refractivity contribution in [3.8, 4) is 0 Å². The monoisotopic (exact) mass is 463 g/mol. The van der Waals surface area contributed by atoms with Gasteiger partial charge < -0.3 is 23.8 Å². The van der Waals surface area contributed by atoms with Gasteiger partial charge in [-0.15, -0.1) is 0 Å². The van der Waals surface area contributed by atoms with Gasteiger partial charge in [-0.3, -0.25) is 24.0 Å². The second kappa shape index (κ2) is 12.0. The van der Waals surface area contributed by atoms with Gasteiger partial charge in [-0.1, -0.05) is 30.3 Å². The van der Waals surface area contributed by atoms with Crippen LogP contribution in [0.1, 0.15) is 39.7 Å². The predicted octanol–water partition coefficient (Wildman–Crippen LogP) is 1.19. The lowest BCUT2D eigenvalue weighted by Gasteiger charge is -2.46. The van der Waals surface area contributed by atoms with Gasteiger partial charge in [-0.2, -0.15) is 0 Å². The van der Waals surface area contributed by atoms with Crippen LogP contribution in [-0.2, 0) is 49.3 Å². The van der Waals surface area contributed by atoms with Crippen molar-refractivity contribution in [2.24, 2.45) is 0 Å². The predicted molar refractivity (Wildman–Crippen MR) is 114 cm³/mol. The Morgan fingerprint density at radius 2 is 1.39 bits per heavy atom. The molecule has 1 aromatic rings. The van der Waals surface area contributed by atoms with E-state index in [0.29, 0.717) is 6.42 Å². The van der Waals surface area contributed by atoms with Gasteiger partial charge in [0.1, 0.15) is 12.6 Å². The Bertz CT molecular complexity index is 870. The van der Waals surface area contributed by atoms with E-state index in [2.05, 4.69) is 0 Å². The fourth-order valence-electron chi connectivity index (χ4n) is 3.74. The van der Waals surface area contributed by atoms with Crippen molar-refractivity contribution in [1.29, 1.82) is 0 Å². The van der Waals surface area contributed by atoms with E-state index in [4.69, 9.17) is 18.9 Å². The third kappa shape index (κ3) is 7.89. The molecule has 180 valence electrons. The first-order chi connectivity index (χ1) is 15.6. The van der Waals surface area contributed by atoms with Crippen LogP contribution in [0.25, 0.3) is 0 Å². The molecule has 0 unspecified atom stereocenters. The molecule has 2 rings (SSSR count). The zero-order valence-corrected chi connectivity index (χ0v) is 19.1. The van der Waals surface area contributed by atoms with Crippen molar-refractivity contribution in [2.45, 2.75) is 64.9 Å². The highest BCUT2D eigenvalue weighted by atomic mass is 16.6. The second-order valence-corrected chi connectivity index (χ2v) is 7.70. The molecule has 1 heterocycles. The highest BCUT2D eigenvalue weighted by molar-refractivity contribution is 5.78. The Labute approximate surface area is 192 Å². The molecule has 0 bridgehead atoms. The quantitative estimate of drug-likeness (QED) is 0.413. The number of carbonyl (C=O) groups excluding carboxylic acids is 5. The SMILES string of the molecule is CC(=O)OC[C@@H]1[C@@H](OC(C)=O)[C@H](OC(C)=O)[C@@H](OC(C)=O)CN1C(=O)CCc1ccccc1. The first-order valence-electron chi connectivity index (χ1n) is 10.6. The van der Waals surface area contributed by atoms with Crippen LogP contribution in [0.3, 0.4) is 0 Å². The van der Waals surface area contributed by atoms with Crippen molar-refractivity contribution in [1.82, 2.24) is 4.90 Å². The summed E-state index contributed by atoms with van der Waals surface area (Å²) in [5.41, 5.74) is 0.949. The van der Waals surface area contributed by atoms with Gasteiger partial charge in [0.25, 0.3) is 0 Å². The average Bonchev–Trinajstić information content (AvgIpc) is 2.73. The van der Waals surface area contributed by atoms with Crippen molar-refractivity contribution < 1.29 is 42.9 Å². The minimum atomic E-state index is -1.22. The summed E-state index contributed by atoms with van der Waals surface area (Å²) in [4.78, 5) is 61.4. The lowest BCUT2D eigenvalue weighted by Crippen LogP contribution is -2.66. The van der Waals surface area contributed by atoms with Gasteiger partial charge in [-0.25, -0.2) is 0 Å². The van der Waals surface area contributed by atoms with Crippen LogP contribution in [0.4, 0.5) is 0 Å². The Hall–Kier alpha value is -3.43. The highest BCUT2D eigenvalue weighted by Gasteiger charge is 2.51. The molecular formula is C23H29NO9. The van der Waals surface area contributed by atoms with Crippen LogP contribution in [0.2, 0.25) is 0 Å². The summed E-state index contributed by atoms with van der Waals surface area (Å²) in [5.74, 6) is -2.98. The molecule has 0 aliphatic carbocycles. The van der Waals surface area contributed by atoms with Crippen LogP contribution in [0.15, 0.2) is 30.3 Å². The first-order valence-corrected chi connectivity index (χ1v) is 10.6. The Balaban J connectivity index is 2.38. The number of benzene rings is 1. The number of ether oxygens (including phenoxy) is 4. The first kappa shape index (κ1) is 25.8. The molecule has 10 heteroatoms. The van der Waals surface area contributed by atoms with Gasteiger partial charge in [0, 0.05) is 34.1 Å². The van der Waals surface area contributed by atoms with E-state index in [1.165, 1.54) is 18.7 Å². The molecule has 4 atom stereocenters. The number of carbonyl (C=O) groups is 5. The zero-order chi connectivity index (χ0) is 24.5. The molecule has 1 aliphatic rings. The molecule has 0 saturated carbocycles. The van der Waals surface area contributed by atoms with Crippen molar-refractivity contribution in [3.05, 3.63) is 35.9 Å². The maximum atomic E-state index is 13.2. The standard InChI is InChI=1S/C23H29NO9/c1-14(25)30-13-19-22(32-16(3)27)23(33-17(4)28)20(31-15(2)26)12-24(19)21(29)11-10-18-8-6-5-7-9-18/h5-9,19-20,22-23H,10-13H2,1-4H3/t19-,20+,22-,23-/m1/s1. The number of rotatable bonds is 8. The van der Waals surface area contributed by atoms with E-state index in [0.717, 1.165) is 19.4 Å². The van der Waals surface area contributed by atoms with Crippen LogP contribution >= 0.6 is 0 Å². The maximum Gasteiger partial charge on any atom is 0.303 e. The van der Waals surface area contributed by atoms with Gasteiger partial charge in [0.2, 0.25) is 5.91 Å². The number of piperidine rings is 1. The lowest BCUT2D eigenvalue weighted by atomic mass is 9.92. The number of amides is 1. The van der Waals surface area contributed by atoms with Crippen LogP contribution in [0, 0.1) is 0 Å². The summed E-state index contributed by atoms with van der Waals surface area (Å²) in [7, 11) is 0. The molecule has 1 aromatic carbocycles. The molecular weight excluding hydrogens is 434 g/mol. The van der Waals surface area contributed by atoms with Gasteiger partial charge >= 0.3 is 23.9 Å². The van der Waals surface area contributed by atoms with Crippen LogP contribution in [0.5, 0.6) is 0 Å². The molecule has 0 radical (unpaired) electrons. The molecule has 0 spiro atoms. The molecule has 1 amide bonds. The summed E-state index contributed by atoms with van der Waals surface area (Å²) in [6.45, 7) is 4.28. The average molecular weight is 463 g/mol. The summed E-state index contributed by atoms with van der Waals surface area (Å²) < 4.78 is 21.2.